The Kier molecular flexibility index (Phi) is 16.9. The molecule has 0 radical (unpaired) electrons. The number of nitrogens with zero attached hydrogens (tertiary/aromatic N) is 6. The van der Waals surface area contributed by atoms with E-state index >= 15 is 0 Å². The van der Waals surface area contributed by atoms with Crippen LogP contribution in [-0.2, 0) is 64.0 Å². The maximum absolute atomic E-state index is 13.3. The molecule has 0 aliphatic carbocycles. The first-order valence-electron chi connectivity index (χ1n) is 18.1. The topological polar surface area (TPSA) is 387 Å². The Bertz CT molecular complexity index is 1740. The maximum atomic E-state index is 13.3. The average molecular weight is 841 g/mol. The monoisotopic (exact) mass is 840 g/mol. The van der Waals surface area contributed by atoms with Crippen molar-refractivity contribution >= 4 is 47.5 Å². The normalized spacial score (nSPS) is 13.2. The smallest absolute Gasteiger partial charge is 0.326 e. The minimum Gasteiger partial charge on any atom is -0.480 e. The highest BCUT2D eigenvalue weighted by atomic mass is 16.4. The van der Waals surface area contributed by atoms with E-state index in [4.69, 9.17) is 0 Å². The lowest BCUT2D eigenvalue weighted by Gasteiger charge is -2.28. The number of aromatic amines is 4. The van der Waals surface area contributed by atoms with Gasteiger partial charge in [-0.05, 0) is 0 Å². The molecule has 4 heterocycles. The van der Waals surface area contributed by atoms with Crippen LogP contribution in [0.3, 0.4) is 0 Å². The zero-order valence-corrected chi connectivity index (χ0v) is 31.7. The van der Waals surface area contributed by atoms with Gasteiger partial charge in [-0.25, -0.2) is 39.1 Å². The number of hydrogen-bond acceptors (Lipinski definition) is 14. The van der Waals surface area contributed by atoms with Gasteiger partial charge in [-0.15, -0.1) is 0 Å². The van der Waals surface area contributed by atoms with Crippen molar-refractivity contribution in [3.05, 3.63) is 72.9 Å². The van der Waals surface area contributed by atoms with Gasteiger partial charge in [-0.1, -0.05) is 0 Å². The van der Waals surface area contributed by atoms with E-state index in [9.17, 15) is 58.8 Å². The molecule has 26 heteroatoms. The van der Waals surface area contributed by atoms with Crippen molar-refractivity contribution in [1.29, 1.82) is 0 Å². The van der Waals surface area contributed by atoms with E-state index in [1.807, 2.05) is 0 Å². The third-order valence-electron chi connectivity index (χ3n) is 8.65. The van der Waals surface area contributed by atoms with Crippen LogP contribution in [0.2, 0.25) is 0 Å². The van der Waals surface area contributed by atoms with Crippen molar-refractivity contribution in [3.63, 3.8) is 0 Å². The number of amides is 4. The van der Waals surface area contributed by atoms with Crippen LogP contribution < -0.4 is 21.3 Å². The van der Waals surface area contributed by atoms with E-state index in [-0.39, 0.29) is 38.8 Å². The highest BCUT2D eigenvalue weighted by Crippen LogP contribution is 2.05. The zero-order valence-electron chi connectivity index (χ0n) is 31.7. The summed E-state index contributed by atoms with van der Waals surface area (Å²) < 4.78 is 0. The minimum atomic E-state index is -1.43. The third-order valence-corrected chi connectivity index (χ3v) is 8.65. The summed E-state index contributed by atoms with van der Waals surface area (Å²) in [5.41, 5.74) is 1.58. The number of carboxylic acids is 4. The molecule has 4 aromatic heterocycles. The number of imidazole rings is 4. The molecule has 4 unspecified atom stereocenters. The van der Waals surface area contributed by atoms with Crippen LogP contribution in [0.1, 0.15) is 22.8 Å². The van der Waals surface area contributed by atoms with E-state index in [0.717, 1.165) is 0 Å². The number of aliphatic carboxylic acids is 4. The first-order chi connectivity index (χ1) is 28.6. The molecule has 4 rings (SSSR count). The quantitative estimate of drug-likeness (QED) is 0.0270. The van der Waals surface area contributed by atoms with Crippen molar-refractivity contribution in [2.75, 3.05) is 39.3 Å². The minimum absolute atomic E-state index is 0.178. The number of aromatic nitrogens is 8. The van der Waals surface area contributed by atoms with Crippen molar-refractivity contribution in [2.24, 2.45) is 0 Å². The number of carbonyl (C=O) groups excluding carboxylic acids is 4. The van der Waals surface area contributed by atoms with Crippen LogP contribution >= 0.6 is 0 Å². The third kappa shape index (κ3) is 15.5. The standard InChI is InChI=1S/C34H44N14O12/c49-27(43-23(31(53)54)3-19-7-35-15-39-19)11-47(12-28(50)44-24(32(55)56)4-20-8-36-16-40-20)1-2-48(13-29(51)45-25(33(57)58)5-21-9-37-17-41-21)14-30(52)46-26(34(59)60)6-22-10-38-18-42-22/h7-10,15-18,23-26H,1-6,11-14H2,(H,35,39)(H,36,40)(H,37,41)(H,38,42)(H,43,49)(H,44,50)(H,45,51)(H,46,52)(H,53,54)(H,55,56)(H,57,58)(H,59,60). The average Bonchev–Trinajstić information content (AvgIpc) is 4.03. The maximum Gasteiger partial charge on any atom is 0.326 e. The van der Waals surface area contributed by atoms with Crippen LogP contribution in [0, 0.1) is 0 Å². The molecule has 0 saturated heterocycles. The van der Waals surface area contributed by atoms with Gasteiger partial charge in [0.2, 0.25) is 23.6 Å². The van der Waals surface area contributed by atoms with Crippen molar-refractivity contribution in [3.8, 4) is 0 Å². The second-order valence-electron chi connectivity index (χ2n) is 13.4. The van der Waals surface area contributed by atoms with Gasteiger partial charge in [0.1, 0.15) is 24.2 Å². The Balaban J connectivity index is 1.53. The highest BCUT2D eigenvalue weighted by Gasteiger charge is 2.28. The SMILES string of the molecule is O=C(CN(CCN(CC(=O)NC(Cc1cnc[nH]1)C(=O)O)CC(=O)NC(Cc1cnc[nH]1)C(=O)O)CC(=O)NC(Cc1cnc[nH]1)C(=O)O)NC(Cc1cnc[nH]1)C(=O)O. The molecule has 0 spiro atoms. The van der Waals surface area contributed by atoms with Crippen molar-refractivity contribution in [2.45, 2.75) is 49.9 Å². The fraction of sp³-hybridized carbons (Fsp3) is 0.412. The Labute approximate surface area is 339 Å². The van der Waals surface area contributed by atoms with E-state index in [2.05, 4.69) is 61.1 Å². The van der Waals surface area contributed by atoms with Gasteiger partial charge in [0, 0.05) is 86.3 Å². The first-order valence-corrected chi connectivity index (χ1v) is 18.1. The lowest BCUT2D eigenvalue weighted by atomic mass is 10.1. The van der Waals surface area contributed by atoms with E-state index in [0.29, 0.717) is 22.8 Å². The lowest BCUT2D eigenvalue weighted by molar-refractivity contribution is -0.143. The Morgan fingerprint density at radius 1 is 0.433 bits per heavy atom. The first kappa shape index (κ1) is 45.2. The predicted octanol–water partition coefficient (Wildman–Crippen LogP) is -4.27. The van der Waals surface area contributed by atoms with Gasteiger partial charge in [-0.2, -0.15) is 0 Å². The molecule has 0 aromatic carbocycles. The highest BCUT2D eigenvalue weighted by molar-refractivity contribution is 5.88. The van der Waals surface area contributed by atoms with Gasteiger partial charge in [-0.3, -0.25) is 29.0 Å². The molecule has 0 bridgehead atoms. The number of hydrogen-bond donors (Lipinski definition) is 12. The number of nitrogens with one attached hydrogen (secondary N) is 8. The van der Waals surface area contributed by atoms with E-state index in [1.54, 1.807) is 0 Å². The molecular formula is C34H44N14O12. The number of carboxylic acid groups (broad SMARTS) is 4. The van der Waals surface area contributed by atoms with Gasteiger partial charge < -0.3 is 61.6 Å². The zero-order chi connectivity index (χ0) is 43.6. The van der Waals surface area contributed by atoms with E-state index < -0.39 is 97.9 Å². The second-order valence-corrected chi connectivity index (χ2v) is 13.4. The summed E-state index contributed by atoms with van der Waals surface area (Å²) in [5, 5.41) is 48.6. The number of H-pyrrole nitrogens is 4. The Morgan fingerprint density at radius 2 is 0.650 bits per heavy atom. The van der Waals surface area contributed by atoms with Crippen LogP contribution in [-0.4, -0.2) is 181 Å². The fourth-order valence-corrected chi connectivity index (χ4v) is 5.75. The van der Waals surface area contributed by atoms with Gasteiger partial charge in [0.15, 0.2) is 0 Å². The van der Waals surface area contributed by atoms with Crippen LogP contribution in [0.5, 0.6) is 0 Å². The van der Waals surface area contributed by atoms with Gasteiger partial charge in [0.25, 0.3) is 0 Å². The van der Waals surface area contributed by atoms with Crippen molar-refractivity contribution in [1.82, 2.24) is 70.9 Å². The van der Waals surface area contributed by atoms with Crippen LogP contribution in [0.4, 0.5) is 0 Å². The molecular weight excluding hydrogens is 796 g/mol. The molecule has 12 N–H and O–H groups in total. The molecule has 4 aromatic rings. The van der Waals surface area contributed by atoms with Gasteiger partial charge in [0.05, 0.1) is 51.5 Å². The Morgan fingerprint density at radius 3 is 0.817 bits per heavy atom. The molecule has 322 valence electrons. The fourth-order valence-electron chi connectivity index (χ4n) is 5.75. The van der Waals surface area contributed by atoms with Crippen molar-refractivity contribution < 1.29 is 58.8 Å². The molecule has 0 aliphatic rings. The molecule has 4 amide bonds. The molecule has 26 nitrogen and oxygen atoms in total. The molecule has 0 aliphatic heterocycles. The second kappa shape index (κ2) is 22.5. The summed E-state index contributed by atoms with van der Waals surface area (Å²) in [6.45, 7) is -3.15. The summed E-state index contributed by atoms with van der Waals surface area (Å²) in [4.78, 5) is 130. The van der Waals surface area contributed by atoms with Crippen LogP contribution in [0.15, 0.2) is 50.1 Å². The van der Waals surface area contributed by atoms with Crippen LogP contribution in [0.25, 0.3) is 0 Å². The predicted molar refractivity (Wildman–Crippen MR) is 200 cm³/mol. The lowest BCUT2D eigenvalue weighted by Crippen LogP contribution is -2.53. The largest absolute Gasteiger partial charge is 0.480 e. The summed E-state index contributed by atoms with van der Waals surface area (Å²) in [7, 11) is 0. The molecule has 0 saturated carbocycles. The Hall–Kier alpha value is -7.48. The molecule has 4 atom stereocenters. The molecule has 60 heavy (non-hydrogen) atoms. The molecule has 0 fully saturated rings. The van der Waals surface area contributed by atoms with E-state index in [1.165, 1.54) is 59.9 Å². The summed E-state index contributed by atoms with van der Waals surface area (Å²) >= 11 is 0. The number of rotatable bonds is 27. The van der Waals surface area contributed by atoms with Gasteiger partial charge >= 0.3 is 23.9 Å². The summed E-state index contributed by atoms with van der Waals surface area (Å²) in [5.74, 6) is -8.99. The summed E-state index contributed by atoms with van der Waals surface area (Å²) in [6, 6.07) is -5.74. The number of carbonyl (C=O) groups is 8. The summed E-state index contributed by atoms with van der Waals surface area (Å²) in [6.07, 6.45) is 10.0.